The molecule has 0 aliphatic carbocycles. The number of nitrogen functional groups attached to an aromatic ring is 1. The number of methoxy groups -OCH3 is 1. The lowest BCUT2D eigenvalue weighted by atomic mass is 10.1. The molecular weight excluding hydrogens is 236 g/mol. The van der Waals surface area contributed by atoms with E-state index in [4.69, 9.17) is 10.5 Å². The molecule has 0 aliphatic rings. The summed E-state index contributed by atoms with van der Waals surface area (Å²) in [5.41, 5.74) is 10.0. The summed E-state index contributed by atoms with van der Waals surface area (Å²) in [5.74, 6) is 0.712. The largest absolute Gasteiger partial charge is 0.495 e. The van der Waals surface area contributed by atoms with Crippen molar-refractivity contribution in [2.24, 2.45) is 0 Å². The van der Waals surface area contributed by atoms with E-state index in [1.807, 2.05) is 18.2 Å². The van der Waals surface area contributed by atoms with Crippen LogP contribution in [0.15, 0.2) is 42.5 Å². The van der Waals surface area contributed by atoms with Gasteiger partial charge in [0.25, 0.3) is 0 Å². The van der Waals surface area contributed by atoms with E-state index in [1.54, 1.807) is 7.11 Å². The monoisotopic (exact) mass is 256 g/mol. The molecule has 3 heteroatoms. The smallest absolute Gasteiger partial charge is 0.143 e. The standard InChI is InChI=1S/C16H20N2O/c1-4-18(13-7-5-6-12(2)10-13)14-8-9-15(17)16(11-14)19-3/h5-11H,4,17H2,1-3H3. The van der Waals surface area contributed by atoms with Crippen molar-refractivity contribution in [3.05, 3.63) is 48.0 Å². The molecule has 0 spiro atoms. The maximum Gasteiger partial charge on any atom is 0.143 e. The van der Waals surface area contributed by atoms with Gasteiger partial charge in [-0.3, -0.25) is 0 Å². The zero-order valence-electron chi connectivity index (χ0n) is 11.7. The zero-order chi connectivity index (χ0) is 13.8. The van der Waals surface area contributed by atoms with Crippen LogP contribution in [0.2, 0.25) is 0 Å². The summed E-state index contributed by atoms with van der Waals surface area (Å²) < 4.78 is 5.29. The predicted octanol–water partition coefficient (Wildman–Crippen LogP) is 3.74. The number of aryl methyl sites for hydroxylation is 1. The summed E-state index contributed by atoms with van der Waals surface area (Å²) in [6.07, 6.45) is 0. The molecule has 2 rings (SSSR count). The number of hydrogen-bond acceptors (Lipinski definition) is 3. The van der Waals surface area contributed by atoms with Crippen LogP contribution in [0.3, 0.4) is 0 Å². The van der Waals surface area contributed by atoms with Crippen LogP contribution in [0.25, 0.3) is 0 Å². The Labute approximate surface area is 114 Å². The van der Waals surface area contributed by atoms with E-state index < -0.39 is 0 Å². The van der Waals surface area contributed by atoms with Crippen molar-refractivity contribution in [3.63, 3.8) is 0 Å². The molecule has 0 fully saturated rings. The van der Waals surface area contributed by atoms with Crippen LogP contribution in [-0.4, -0.2) is 13.7 Å². The number of benzene rings is 2. The van der Waals surface area contributed by atoms with Gasteiger partial charge in [0, 0.05) is 24.0 Å². The lowest BCUT2D eigenvalue weighted by Crippen LogP contribution is -2.16. The molecule has 2 N–H and O–H groups in total. The molecule has 0 aliphatic heterocycles. The van der Waals surface area contributed by atoms with E-state index in [0.717, 1.165) is 12.2 Å². The van der Waals surface area contributed by atoms with E-state index in [0.29, 0.717) is 11.4 Å². The highest BCUT2D eigenvalue weighted by atomic mass is 16.5. The highest BCUT2D eigenvalue weighted by Crippen LogP contribution is 2.31. The minimum atomic E-state index is 0.659. The summed E-state index contributed by atoms with van der Waals surface area (Å²) in [6.45, 7) is 5.11. The maximum atomic E-state index is 5.86. The molecule has 19 heavy (non-hydrogen) atoms. The molecule has 0 heterocycles. The van der Waals surface area contributed by atoms with Crippen LogP contribution in [0, 0.1) is 6.92 Å². The first kappa shape index (κ1) is 13.3. The number of rotatable bonds is 4. The number of anilines is 3. The first-order chi connectivity index (χ1) is 9.15. The second-order valence-corrected chi connectivity index (χ2v) is 4.51. The Morgan fingerprint density at radius 2 is 1.84 bits per heavy atom. The predicted molar refractivity (Wildman–Crippen MR) is 81.3 cm³/mol. The highest BCUT2D eigenvalue weighted by Gasteiger charge is 2.09. The van der Waals surface area contributed by atoms with Crippen molar-refractivity contribution in [1.29, 1.82) is 0 Å². The van der Waals surface area contributed by atoms with Gasteiger partial charge in [-0.1, -0.05) is 12.1 Å². The normalized spacial score (nSPS) is 10.3. The van der Waals surface area contributed by atoms with Crippen LogP contribution >= 0.6 is 0 Å². The van der Waals surface area contributed by atoms with E-state index in [9.17, 15) is 0 Å². The molecule has 0 aromatic heterocycles. The molecule has 0 saturated carbocycles. The fourth-order valence-corrected chi connectivity index (χ4v) is 2.18. The zero-order valence-corrected chi connectivity index (χ0v) is 11.7. The van der Waals surface area contributed by atoms with Gasteiger partial charge in [0.05, 0.1) is 12.8 Å². The van der Waals surface area contributed by atoms with Gasteiger partial charge >= 0.3 is 0 Å². The molecular formula is C16H20N2O. The van der Waals surface area contributed by atoms with Gasteiger partial charge in [0.1, 0.15) is 5.75 Å². The Morgan fingerprint density at radius 3 is 2.47 bits per heavy atom. The molecule has 3 nitrogen and oxygen atoms in total. The van der Waals surface area contributed by atoms with Crippen LogP contribution in [0.4, 0.5) is 17.1 Å². The number of nitrogens with two attached hydrogens (primary N) is 1. The van der Waals surface area contributed by atoms with Crippen molar-refractivity contribution in [3.8, 4) is 5.75 Å². The molecule has 0 unspecified atom stereocenters. The SMILES string of the molecule is CCN(c1cccc(C)c1)c1ccc(N)c(OC)c1. The highest BCUT2D eigenvalue weighted by molar-refractivity contribution is 5.69. The van der Waals surface area contributed by atoms with Gasteiger partial charge in [-0.25, -0.2) is 0 Å². The number of ether oxygens (including phenoxy) is 1. The average molecular weight is 256 g/mol. The lowest BCUT2D eigenvalue weighted by molar-refractivity contribution is 0.417. The molecule has 2 aromatic carbocycles. The van der Waals surface area contributed by atoms with Gasteiger partial charge in [-0.15, -0.1) is 0 Å². The third kappa shape index (κ3) is 2.81. The Balaban J connectivity index is 2.42. The van der Waals surface area contributed by atoms with Gasteiger partial charge < -0.3 is 15.4 Å². The van der Waals surface area contributed by atoms with Gasteiger partial charge in [0.15, 0.2) is 0 Å². The summed E-state index contributed by atoms with van der Waals surface area (Å²) >= 11 is 0. The van der Waals surface area contributed by atoms with Crippen molar-refractivity contribution < 1.29 is 4.74 Å². The van der Waals surface area contributed by atoms with Gasteiger partial charge in [0.2, 0.25) is 0 Å². The Kier molecular flexibility index (Phi) is 3.95. The minimum Gasteiger partial charge on any atom is -0.495 e. The van der Waals surface area contributed by atoms with Gasteiger partial charge in [-0.05, 0) is 43.7 Å². The summed E-state index contributed by atoms with van der Waals surface area (Å²) in [5, 5.41) is 0. The van der Waals surface area contributed by atoms with Crippen molar-refractivity contribution in [2.45, 2.75) is 13.8 Å². The van der Waals surface area contributed by atoms with Crippen LogP contribution in [-0.2, 0) is 0 Å². The van der Waals surface area contributed by atoms with E-state index in [-0.39, 0.29) is 0 Å². The number of hydrogen-bond donors (Lipinski definition) is 1. The van der Waals surface area contributed by atoms with Gasteiger partial charge in [-0.2, -0.15) is 0 Å². The molecule has 0 radical (unpaired) electrons. The fraction of sp³-hybridized carbons (Fsp3) is 0.250. The summed E-state index contributed by atoms with van der Waals surface area (Å²) in [7, 11) is 1.64. The third-order valence-electron chi connectivity index (χ3n) is 3.16. The molecule has 0 amide bonds. The molecule has 0 bridgehead atoms. The fourth-order valence-electron chi connectivity index (χ4n) is 2.18. The van der Waals surface area contributed by atoms with Crippen molar-refractivity contribution >= 4 is 17.1 Å². The van der Waals surface area contributed by atoms with Crippen LogP contribution in [0.5, 0.6) is 5.75 Å². The first-order valence-corrected chi connectivity index (χ1v) is 6.43. The second kappa shape index (κ2) is 5.65. The number of nitrogens with zero attached hydrogens (tertiary/aromatic N) is 1. The first-order valence-electron chi connectivity index (χ1n) is 6.43. The van der Waals surface area contributed by atoms with E-state index in [2.05, 4.69) is 43.0 Å². The van der Waals surface area contributed by atoms with Crippen molar-refractivity contribution in [2.75, 3.05) is 24.3 Å². The molecule has 0 atom stereocenters. The van der Waals surface area contributed by atoms with Crippen LogP contribution < -0.4 is 15.4 Å². The Bertz CT molecular complexity index is 566. The van der Waals surface area contributed by atoms with E-state index >= 15 is 0 Å². The quantitative estimate of drug-likeness (QED) is 0.847. The maximum absolute atomic E-state index is 5.86. The van der Waals surface area contributed by atoms with Crippen molar-refractivity contribution in [1.82, 2.24) is 0 Å². The lowest BCUT2D eigenvalue weighted by Gasteiger charge is -2.24. The minimum absolute atomic E-state index is 0.659. The Morgan fingerprint density at radius 1 is 1.11 bits per heavy atom. The average Bonchev–Trinajstić information content (AvgIpc) is 2.41. The van der Waals surface area contributed by atoms with E-state index in [1.165, 1.54) is 11.3 Å². The summed E-state index contributed by atoms with van der Waals surface area (Å²) in [4.78, 5) is 2.23. The van der Waals surface area contributed by atoms with Crippen LogP contribution in [0.1, 0.15) is 12.5 Å². The summed E-state index contributed by atoms with van der Waals surface area (Å²) in [6, 6.07) is 14.3. The Hall–Kier alpha value is -2.16. The topological polar surface area (TPSA) is 38.5 Å². The second-order valence-electron chi connectivity index (χ2n) is 4.51. The molecule has 0 saturated heterocycles. The molecule has 2 aromatic rings. The third-order valence-corrected chi connectivity index (χ3v) is 3.16. The molecule has 100 valence electrons.